The van der Waals surface area contributed by atoms with Gasteiger partial charge in [0.05, 0.1) is 29.0 Å². The van der Waals surface area contributed by atoms with Crippen LogP contribution >= 0.6 is 35.7 Å². The quantitative estimate of drug-likeness (QED) is 0.0769. The van der Waals surface area contributed by atoms with Crippen LogP contribution in [-0.2, 0) is 31.0 Å². The summed E-state index contributed by atoms with van der Waals surface area (Å²) in [6.45, 7) is 7.83. The Balaban J connectivity index is 0.000000314. The number of ether oxygens (including phenoxy) is 4. The van der Waals surface area contributed by atoms with Crippen LogP contribution in [0.25, 0.3) is 20.8 Å². The number of rotatable bonds is 12. The molecule has 1 aromatic heterocycles. The van der Waals surface area contributed by atoms with Crippen LogP contribution in [-0.4, -0.2) is 43.4 Å². The summed E-state index contributed by atoms with van der Waals surface area (Å²) in [4.78, 5) is 29.2. The predicted molar refractivity (Wildman–Crippen MR) is 193 cm³/mol. The molecule has 0 aliphatic rings. The lowest BCUT2D eigenvalue weighted by Gasteiger charge is -2.10. The van der Waals surface area contributed by atoms with Gasteiger partial charge in [0, 0.05) is 21.1 Å². The first-order valence-corrected chi connectivity index (χ1v) is 17.8. The van der Waals surface area contributed by atoms with E-state index in [1.807, 2.05) is 62.4 Å². The third-order valence-corrected chi connectivity index (χ3v) is 9.35. The SMILES string of the molecule is CCOC(=O)COc1ccc(S)cc1C.CCOC(=O)COc1ccc(SCc2cccc3sc(-c4ccc(C(F)(F)F)cc4)nc23)cc1C. The van der Waals surface area contributed by atoms with Crippen molar-refractivity contribution >= 4 is 57.9 Å². The van der Waals surface area contributed by atoms with Crippen molar-refractivity contribution in [3.05, 3.63) is 101 Å². The van der Waals surface area contributed by atoms with Crippen molar-refractivity contribution in [2.45, 2.75) is 49.4 Å². The summed E-state index contributed by atoms with van der Waals surface area (Å²) in [5, 5.41) is 0.685. The molecule has 0 spiro atoms. The molecule has 0 atom stereocenters. The third-order valence-electron chi connectivity index (χ3n) is 6.96. The van der Waals surface area contributed by atoms with Gasteiger partial charge in [-0.1, -0.05) is 24.3 Å². The van der Waals surface area contributed by atoms with Crippen LogP contribution in [0.5, 0.6) is 11.5 Å². The fourth-order valence-corrected chi connectivity index (χ4v) is 6.82. The molecule has 7 nitrogen and oxygen atoms in total. The van der Waals surface area contributed by atoms with Crippen LogP contribution in [0.3, 0.4) is 0 Å². The monoisotopic (exact) mass is 743 g/mol. The molecule has 0 saturated carbocycles. The average molecular weight is 744 g/mol. The molecule has 0 amide bonds. The summed E-state index contributed by atoms with van der Waals surface area (Å²) in [5.74, 6) is 1.23. The Hall–Kier alpha value is -4.20. The van der Waals surface area contributed by atoms with E-state index in [0.717, 1.165) is 48.8 Å². The van der Waals surface area contributed by atoms with Crippen LogP contribution in [0, 0.1) is 13.8 Å². The molecule has 5 rings (SSSR count). The highest BCUT2D eigenvalue weighted by atomic mass is 32.2. The van der Waals surface area contributed by atoms with E-state index < -0.39 is 17.7 Å². The highest BCUT2D eigenvalue weighted by Crippen LogP contribution is 2.36. The van der Waals surface area contributed by atoms with Crippen molar-refractivity contribution in [1.29, 1.82) is 0 Å². The van der Waals surface area contributed by atoms with E-state index in [4.69, 9.17) is 23.9 Å². The van der Waals surface area contributed by atoms with Gasteiger partial charge in [-0.05, 0) is 99.0 Å². The Morgan fingerprint density at radius 3 is 1.98 bits per heavy atom. The average Bonchev–Trinajstić information content (AvgIpc) is 3.52. The minimum Gasteiger partial charge on any atom is -0.482 e. The van der Waals surface area contributed by atoms with Crippen LogP contribution in [0.15, 0.2) is 88.7 Å². The number of nitrogens with zero attached hydrogens (tertiary/aromatic N) is 1. The number of esters is 2. The fourth-order valence-electron chi connectivity index (χ4n) is 4.56. The first kappa shape index (κ1) is 38.6. The van der Waals surface area contributed by atoms with E-state index in [9.17, 15) is 22.8 Å². The smallest absolute Gasteiger partial charge is 0.416 e. The normalized spacial score (nSPS) is 11.0. The maximum Gasteiger partial charge on any atom is 0.416 e. The Kier molecular flexibility index (Phi) is 14.0. The van der Waals surface area contributed by atoms with Crippen LogP contribution in [0.1, 0.15) is 36.1 Å². The van der Waals surface area contributed by atoms with Crippen molar-refractivity contribution in [1.82, 2.24) is 4.98 Å². The molecule has 264 valence electrons. The molecule has 0 bridgehead atoms. The van der Waals surface area contributed by atoms with E-state index in [0.29, 0.717) is 41.0 Å². The van der Waals surface area contributed by atoms with Gasteiger partial charge in [0.15, 0.2) is 13.2 Å². The number of para-hydroxylation sites is 1. The van der Waals surface area contributed by atoms with Crippen molar-refractivity contribution in [3.63, 3.8) is 0 Å². The molecule has 0 aliphatic carbocycles. The van der Waals surface area contributed by atoms with Gasteiger partial charge >= 0.3 is 18.1 Å². The summed E-state index contributed by atoms with van der Waals surface area (Å²) >= 11 is 7.30. The minimum atomic E-state index is -4.36. The van der Waals surface area contributed by atoms with E-state index in [2.05, 4.69) is 12.6 Å². The Bertz CT molecular complexity index is 1910. The second-order valence-corrected chi connectivity index (χ2v) is 13.3. The van der Waals surface area contributed by atoms with Crippen LogP contribution in [0.2, 0.25) is 0 Å². The molecule has 1 heterocycles. The Morgan fingerprint density at radius 2 is 1.42 bits per heavy atom. The number of carbonyl (C=O) groups excluding carboxylic acids is 2. The maximum atomic E-state index is 12.9. The highest BCUT2D eigenvalue weighted by molar-refractivity contribution is 7.98. The number of carbonyl (C=O) groups is 2. The van der Waals surface area contributed by atoms with Gasteiger partial charge in [0.25, 0.3) is 0 Å². The minimum absolute atomic E-state index is 0.0550. The van der Waals surface area contributed by atoms with Gasteiger partial charge < -0.3 is 18.9 Å². The number of hydrogen-bond donors (Lipinski definition) is 1. The van der Waals surface area contributed by atoms with E-state index in [1.165, 1.54) is 23.5 Å². The summed E-state index contributed by atoms with van der Waals surface area (Å²) in [5.41, 5.74) is 3.75. The number of fused-ring (bicyclic) bond motifs is 1. The number of thiol groups is 1. The molecule has 0 aliphatic heterocycles. The molecule has 4 aromatic carbocycles. The molecule has 0 saturated heterocycles. The van der Waals surface area contributed by atoms with Crippen molar-refractivity contribution < 1.29 is 41.7 Å². The zero-order chi connectivity index (χ0) is 36.3. The van der Waals surface area contributed by atoms with E-state index in [1.54, 1.807) is 31.7 Å². The summed E-state index contributed by atoms with van der Waals surface area (Å²) in [7, 11) is 0. The standard InChI is InChI=1S/C26H22F3NO3S2.C11H14O3S/c1-3-32-23(31)14-33-21-12-11-20(13-16(21)2)34-15-18-5-4-6-22-24(18)30-25(35-22)17-7-9-19(10-8-17)26(27,28)29;1-3-13-11(12)7-14-10-5-4-9(15)6-8(10)2/h4-13H,3,14-15H2,1-2H3;4-6,15H,3,7H2,1-2H3. The van der Waals surface area contributed by atoms with Crippen LogP contribution < -0.4 is 9.47 Å². The van der Waals surface area contributed by atoms with Gasteiger partial charge in [-0.2, -0.15) is 13.2 Å². The van der Waals surface area contributed by atoms with E-state index >= 15 is 0 Å². The molecular weight excluding hydrogens is 708 g/mol. The van der Waals surface area contributed by atoms with E-state index in [-0.39, 0.29) is 19.2 Å². The molecule has 0 unspecified atom stereocenters. The zero-order valence-corrected chi connectivity index (χ0v) is 30.4. The van der Waals surface area contributed by atoms with Crippen molar-refractivity contribution in [2.75, 3.05) is 26.4 Å². The topological polar surface area (TPSA) is 84.0 Å². The predicted octanol–water partition coefficient (Wildman–Crippen LogP) is 9.75. The fraction of sp³-hybridized carbons (Fsp3) is 0.270. The maximum absolute atomic E-state index is 12.9. The second-order valence-electron chi connectivity index (χ2n) is 10.7. The second kappa shape index (κ2) is 18.2. The van der Waals surface area contributed by atoms with Gasteiger partial charge in [-0.25, -0.2) is 14.6 Å². The lowest BCUT2D eigenvalue weighted by molar-refractivity contribution is -0.146. The lowest BCUT2D eigenvalue weighted by Crippen LogP contribution is -2.14. The summed E-state index contributed by atoms with van der Waals surface area (Å²) in [6, 6.07) is 22.3. The van der Waals surface area contributed by atoms with Gasteiger partial charge in [-0.15, -0.1) is 35.7 Å². The number of aromatic nitrogens is 1. The molecule has 13 heteroatoms. The van der Waals surface area contributed by atoms with Crippen LogP contribution in [0.4, 0.5) is 13.2 Å². The van der Waals surface area contributed by atoms with Gasteiger partial charge in [0.2, 0.25) is 0 Å². The molecule has 50 heavy (non-hydrogen) atoms. The molecule has 0 N–H and O–H groups in total. The third kappa shape index (κ3) is 11.2. The number of benzene rings is 4. The molecule has 0 fully saturated rings. The van der Waals surface area contributed by atoms with Crippen molar-refractivity contribution in [3.8, 4) is 22.1 Å². The first-order chi connectivity index (χ1) is 23.9. The molecule has 5 aromatic rings. The molecular formula is C37H36F3NO6S3. The Morgan fingerprint density at radius 1 is 0.820 bits per heavy atom. The number of aryl methyl sites for hydroxylation is 2. The van der Waals surface area contributed by atoms with Gasteiger partial charge in [-0.3, -0.25) is 0 Å². The largest absolute Gasteiger partial charge is 0.482 e. The number of thiazole rings is 1. The first-order valence-electron chi connectivity index (χ1n) is 15.5. The highest BCUT2D eigenvalue weighted by Gasteiger charge is 2.30. The molecule has 0 radical (unpaired) electrons. The number of halogens is 3. The number of hydrogen-bond acceptors (Lipinski definition) is 10. The Labute approximate surface area is 302 Å². The summed E-state index contributed by atoms with van der Waals surface area (Å²) in [6.07, 6.45) is -4.36. The number of alkyl halides is 3. The zero-order valence-electron chi connectivity index (χ0n) is 27.8. The van der Waals surface area contributed by atoms with Gasteiger partial charge in [0.1, 0.15) is 16.5 Å². The summed E-state index contributed by atoms with van der Waals surface area (Å²) < 4.78 is 60.1. The number of thioether (sulfide) groups is 1. The lowest BCUT2D eigenvalue weighted by atomic mass is 10.1. The van der Waals surface area contributed by atoms with Crippen molar-refractivity contribution in [2.24, 2.45) is 0 Å².